The first kappa shape index (κ1) is 11.0. The summed E-state index contributed by atoms with van der Waals surface area (Å²) < 4.78 is 26.8. The van der Waals surface area contributed by atoms with Gasteiger partial charge in [0.1, 0.15) is 11.5 Å². The lowest BCUT2D eigenvalue weighted by atomic mass is 10.2. The standard InChI is InChI=1S/C11H12F2N2O/c1-6-2-3-7(12)9(8(6)13)15-10(16)11(14)4-5-11/h2-3H,4-5,14H2,1H3,(H,15,16). The summed E-state index contributed by atoms with van der Waals surface area (Å²) >= 11 is 0. The number of carbonyl (C=O) groups excluding carboxylic acids is 1. The normalized spacial score (nSPS) is 17.0. The monoisotopic (exact) mass is 226 g/mol. The molecular formula is C11H12F2N2O. The summed E-state index contributed by atoms with van der Waals surface area (Å²) in [6, 6.07) is 2.43. The number of anilines is 1. The van der Waals surface area contributed by atoms with Crippen molar-refractivity contribution < 1.29 is 13.6 Å². The Morgan fingerprint density at radius 1 is 1.44 bits per heavy atom. The Bertz CT molecular complexity index is 456. The van der Waals surface area contributed by atoms with Crippen LogP contribution < -0.4 is 11.1 Å². The Kier molecular flexibility index (Phi) is 2.42. The van der Waals surface area contributed by atoms with Gasteiger partial charge < -0.3 is 11.1 Å². The van der Waals surface area contributed by atoms with E-state index in [0.29, 0.717) is 12.8 Å². The third kappa shape index (κ3) is 1.78. The number of nitrogens with one attached hydrogen (secondary N) is 1. The maximum Gasteiger partial charge on any atom is 0.244 e. The molecule has 0 aromatic heterocycles. The molecule has 0 saturated heterocycles. The van der Waals surface area contributed by atoms with Crippen molar-refractivity contribution in [3.63, 3.8) is 0 Å². The zero-order valence-corrected chi connectivity index (χ0v) is 8.81. The molecule has 1 amide bonds. The molecule has 0 unspecified atom stereocenters. The average molecular weight is 226 g/mol. The molecule has 0 atom stereocenters. The number of carbonyl (C=O) groups is 1. The minimum absolute atomic E-state index is 0.276. The molecule has 1 fully saturated rings. The molecule has 0 bridgehead atoms. The van der Waals surface area contributed by atoms with Crippen LogP contribution >= 0.6 is 0 Å². The minimum Gasteiger partial charge on any atom is -0.320 e. The SMILES string of the molecule is Cc1ccc(F)c(NC(=O)C2(N)CC2)c1F. The van der Waals surface area contributed by atoms with Crippen LogP contribution in [0, 0.1) is 18.6 Å². The number of halogens is 2. The molecule has 0 radical (unpaired) electrons. The van der Waals surface area contributed by atoms with Crippen LogP contribution in [0.15, 0.2) is 12.1 Å². The van der Waals surface area contributed by atoms with E-state index >= 15 is 0 Å². The predicted molar refractivity (Wildman–Crippen MR) is 55.9 cm³/mol. The predicted octanol–water partition coefficient (Wildman–Crippen LogP) is 1.70. The van der Waals surface area contributed by atoms with Gasteiger partial charge in [-0.3, -0.25) is 4.79 Å². The van der Waals surface area contributed by atoms with Crippen LogP contribution in [0.2, 0.25) is 0 Å². The van der Waals surface area contributed by atoms with Gasteiger partial charge in [0.25, 0.3) is 0 Å². The van der Waals surface area contributed by atoms with Crippen LogP contribution in [0.4, 0.5) is 14.5 Å². The van der Waals surface area contributed by atoms with Crippen molar-refractivity contribution >= 4 is 11.6 Å². The van der Waals surface area contributed by atoms with Crippen molar-refractivity contribution in [1.82, 2.24) is 0 Å². The lowest BCUT2D eigenvalue weighted by Gasteiger charge is -2.12. The van der Waals surface area contributed by atoms with E-state index in [1.165, 1.54) is 13.0 Å². The molecule has 1 aliphatic rings. The van der Waals surface area contributed by atoms with E-state index < -0.39 is 28.8 Å². The van der Waals surface area contributed by atoms with Gasteiger partial charge in [0, 0.05) is 0 Å². The summed E-state index contributed by atoms with van der Waals surface area (Å²) in [6.07, 6.45) is 1.10. The van der Waals surface area contributed by atoms with Crippen LogP contribution in [-0.2, 0) is 4.79 Å². The lowest BCUT2D eigenvalue weighted by molar-refractivity contribution is -0.118. The smallest absolute Gasteiger partial charge is 0.244 e. The maximum absolute atomic E-state index is 13.5. The number of nitrogens with two attached hydrogens (primary N) is 1. The summed E-state index contributed by atoms with van der Waals surface area (Å²) in [7, 11) is 0. The third-order valence-corrected chi connectivity index (χ3v) is 2.76. The van der Waals surface area contributed by atoms with E-state index in [0.717, 1.165) is 6.07 Å². The van der Waals surface area contributed by atoms with Crippen molar-refractivity contribution in [2.45, 2.75) is 25.3 Å². The van der Waals surface area contributed by atoms with Crippen LogP contribution in [0.1, 0.15) is 18.4 Å². The molecule has 3 nitrogen and oxygen atoms in total. The molecule has 2 rings (SSSR count). The van der Waals surface area contributed by atoms with Gasteiger partial charge in [0.05, 0.1) is 5.54 Å². The summed E-state index contributed by atoms with van der Waals surface area (Å²) in [5.41, 5.74) is 4.54. The Balaban J connectivity index is 2.27. The van der Waals surface area contributed by atoms with Crippen molar-refractivity contribution in [1.29, 1.82) is 0 Å². The largest absolute Gasteiger partial charge is 0.320 e. The summed E-state index contributed by atoms with van der Waals surface area (Å²) in [5.74, 6) is -2.07. The second kappa shape index (κ2) is 3.52. The van der Waals surface area contributed by atoms with Crippen LogP contribution in [0.3, 0.4) is 0 Å². The summed E-state index contributed by atoms with van der Waals surface area (Å²) in [6.45, 7) is 1.50. The first-order valence-electron chi connectivity index (χ1n) is 4.99. The number of rotatable bonds is 2. The van der Waals surface area contributed by atoms with Crippen molar-refractivity contribution in [3.05, 3.63) is 29.3 Å². The molecule has 1 aromatic carbocycles. The van der Waals surface area contributed by atoms with Crippen molar-refractivity contribution in [2.24, 2.45) is 5.73 Å². The van der Waals surface area contributed by atoms with Gasteiger partial charge in [-0.15, -0.1) is 0 Å². The highest BCUT2D eigenvalue weighted by molar-refractivity contribution is 6.00. The average Bonchev–Trinajstić information content (AvgIpc) is 2.98. The van der Waals surface area contributed by atoms with Gasteiger partial charge in [-0.05, 0) is 31.4 Å². The van der Waals surface area contributed by atoms with Crippen LogP contribution in [-0.4, -0.2) is 11.4 Å². The number of hydrogen-bond acceptors (Lipinski definition) is 2. The van der Waals surface area contributed by atoms with Gasteiger partial charge in [-0.25, -0.2) is 8.78 Å². The van der Waals surface area contributed by atoms with E-state index in [1.807, 2.05) is 0 Å². The van der Waals surface area contributed by atoms with E-state index in [2.05, 4.69) is 5.32 Å². The highest BCUT2D eigenvalue weighted by atomic mass is 19.1. The van der Waals surface area contributed by atoms with E-state index in [9.17, 15) is 13.6 Å². The Labute approximate surface area is 91.6 Å². The summed E-state index contributed by atoms with van der Waals surface area (Å²) in [5, 5.41) is 2.21. The van der Waals surface area contributed by atoms with Crippen LogP contribution in [0.5, 0.6) is 0 Å². The van der Waals surface area contributed by atoms with E-state index in [4.69, 9.17) is 5.73 Å². The fraction of sp³-hybridized carbons (Fsp3) is 0.364. The fourth-order valence-corrected chi connectivity index (χ4v) is 1.37. The Morgan fingerprint density at radius 3 is 2.62 bits per heavy atom. The lowest BCUT2D eigenvalue weighted by Crippen LogP contribution is -2.38. The fourth-order valence-electron chi connectivity index (χ4n) is 1.37. The summed E-state index contributed by atoms with van der Waals surface area (Å²) in [4.78, 5) is 11.5. The highest BCUT2D eigenvalue weighted by Crippen LogP contribution is 2.34. The zero-order chi connectivity index (χ0) is 11.9. The van der Waals surface area contributed by atoms with Gasteiger partial charge >= 0.3 is 0 Å². The van der Waals surface area contributed by atoms with Gasteiger partial charge in [-0.2, -0.15) is 0 Å². The minimum atomic E-state index is -0.942. The molecule has 86 valence electrons. The highest BCUT2D eigenvalue weighted by Gasteiger charge is 2.46. The van der Waals surface area contributed by atoms with E-state index in [-0.39, 0.29) is 5.56 Å². The molecule has 1 aromatic rings. The third-order valence-electron chi connectivity index (χ3n) is 2.76. The van der Waals surface area contributed by atoms with Crippen molar-refractivity contribution in [3.8, 4) is 0 Å². The quantitative estimate of drug-likeness (QED) is 0.806. The molecular weight excluding hydrogens is 214 g/mol. The molecule has 1 aliphatic carbocycles. The molecule has 16 heavy (non-hydrogen) atoms. The van der Waals surface area contributed by atoms with Gasteiger partial charge in [0.2, 0.25) is 5.91 Å². The van der Waals surface area contributed by atoms with Crippen molar-refractivity contribution in [2.75, 3.05) is 5.32 Å². The Hall–Kier alpha value is -1.49. The second-order valence-electron chi connectivity index (χ2n) is 4.16. The number of hydrogen-bond donors (Lipinski definition) is 2. The molecule has 3 N–H and O–H groups in total. The van der Waals surface area contributed by atoms with Gasteiger partial charge in [-0.1, -0.05) is 6.07 Å². The maximum atomic E-state index is 13.5. The molecule has 1 saturated carbocycles. The topological polar surface area (TPSA) is 55.1 Å². The molecule has 0 aliphatic heterocycles. The van der Waals surface area contributed by atoms with Crippen LogP contribution in [0.25, 0.3) is 0 Å². The first-order valence-corrected chi connectivity index (χ1v) is 4.99. The zero-order valence-electron chi connectivity index (χ0n) is 8.81. The number of amides is 1. The number of benzene rings is 1. The number of aryl methyl sites for hydroxylation is 1. The molecule has 5 heteroatoms. The Morgan fingerprint density at radius 2 is 2.06 bits per heavy atom. The molecule has 0 spiro atoms. The van der Waals surface area contributed by atoms with E-state index in [1.54, 1.807) is 0 Å². The second-order valence-corrected chi connectivity index (χ2v) is 4.16. The molecule has 0 heterocycles. The first-order chi connectivity index (χ1) is 7.44. The van der Waals surface area contributed by atoms with Gasteiger partial charge in [0.15, 0.2) is 5.82 Å².